The van der Waals surface area contributed by atoms with Crippen molar-refractivity contribution in [2.24, 2.45) is 0 Å². The second-order valence-corrected chi connectivity index (χ2v) is 6.14. The zero-order valence-corrected chi connectivity index (χ0v) is 13.4. The standard InChI is InChI=1S/C16H23FN4O2/c1-12-11-20(16(22)18-13-5-9-23-10-6-13)7-8-21(12)15-4-2-3-14(17)19-15/h2-4,12-13H,5-11H2,1H3,(H,18,22). The summed E-state index contributed by atoms with van der Waals surface area (Å²) in [5.74, 6) is 0.149. The maximum atomic E-state index is 13.3. The summed E-state index contributed by atoms with van der Waals surface area (Å²) in [6.45, 7) is 5.31. The maximum absolute atomic E-state index is 13.3. The van der Waals surface area contributed by atoms with Crippen molar-refractivity contribution in [2.45, 2.75) is 31.8 Å². The average Bonchev–Trinajstić information content (AvgIpc) is 2.55. The number of carbonyl (C=O) groups is 1. The van der Waals surface area contributed by atoms with Gasteiger partial charge in [-0.15, -0.1) is 0 Å². The Morgan fingerprint density at radius 3 is 2.83 bits per heavy atom. The lowest BCUT2D eigenvalue weighted by atomic mass is 10.1. The Balaban J connectivity index is 1.56. The molecule has 0 spiro atoms. The van der Waals surface area contributed by atoms with Gasteiger partial charge < -0.3 is 19.9 Å². The minimum absolute atomic E-state index is 0.0180. The van der Waals surface area contributed by atoms with Crippen LogP contribution in [0.15, 0.2) is 18.2 Å². The van der Waals surface area contributed by atoms with Gasteiger partial charge in [-0.1, -0.05) is 6.07 Å². The van der Waals surface area contributed by atoms with Crippen LogP contribution in [0.3, 0.4) is 0 Å². The highest BCUT2D eigenvalue weighted by atomic mass is 19.1. The van der Waals surface area contributed by atoms with Crippen molar-refractivity contribution in [3.8, 4) is 0 Å². The minimum atomic E-state index is -0.477. The number of hydrogen-bond acceptors (Lipinski definition) is 4. The molecule has 1 aromatic rings. The van der Waals surface area contributed by atoms with E-state index in [4.69, 9.17) is 4.74 Å². The largest absolute Gasteiger partial charge is 0.381 e. The molecule has 2 saturated heterocycles. The molecule has 0 saturated carbocycles. The number of rotatable bonds is 2. The van der Waals surface area contributed by atoms with E-state index in [9.17, 15) is 9.18 Å². The summed E-state index contributed by atoms with van der Waals surface area (Å²) < 4.78 is 18.6. The van der Waals surface area contributed by atoms with E-state index in [1.165, 1.54) is 6.07 Å². The third kappa shape index (κ3) is 3.90. The molecule has 0 aliphatic carbocycles. The van der Waals surface area contributed by atoms with Crippen molar-refractivity contribution < 1.29 is 13.9 Å². The molecule has 7 heteroatoms. The van der Waals surface area contributed by atoms with Crippen LogP contribution in [0.4, 0.5) is 15.0 Å². The van der Waals surface area contributed by atoms with Gasteiger partial charge in [-0.05, 0) is 31.9 Å². The van der Waals surface area contributed by atoms with E-state index in [-0.39, 0.29) is 18.1 Å². The average molecular weight is 322 g/mol. The summed E-state index contributed by atoms with van der Waals surface area (Å²) in [6, 6.07) is 5.08. The summed E-state index contributed by atoms with van der Waals surface area (Å²) in [6.07, 6.45) is 1.74. The van der Waals surface area contributed by atoms with Crippen LogP contribution in [0.1, 0.15) is 19.8 Å². The van der Waals surface area contributed by atoms with Crippen molar-refractivity contribution in [2.75, 3.05) is 37.7 Å². The quantitative estimate of drug-likeness (QED) is 0.841. The number of anilines is 1. The second-order valence-electron chi connectivity index (χ2n) is 6.14. The SMILES string of the molecule is CC1CN(C(=O)NC2CCOCC2)CCN1c1cccc(F)n1. The van der Waals surface area contributed by atoms with Crippen LogP contribution in [0.25, 0.3) is 0 Å². The van der Waals surface area contributed by atoms with Gasteiger partial charge in [0.05, 0.1) is 0 Å². The van der Waals surface area contributed by atoms with Gasteiger partial charge in [0.1, 0.15) is 5.82 Å². The van der Waals surface area contributed by atoms with E-state index in [1.807, 2.05) is 16.7 Å². The molecule has 0 bridgehead atoms. The zero-order chi connectivity index (χ0) is 16.2. The van der Waals surface area contributed by atoms with Gasteiger partial charge in [-0.3, -0.25) is 0 Å². The van der Waals surface area contributed by atoms with Crippen molar-refractivity contribution in [3.05, 3.63) is 24.1 Å². The minimum Gasteiger partial charge on any atom is -0.381 e. The van der Waals surface area contributed by atoms with E-state index >= 15 is 0 Å². The third-order valence-electron chi connectivity index (χ3n) is 4.46. The van der Waals surface area contributed by atoms with E-state index < -0.39 is 5.95 Å². The van der Waals surface area contributed by atoms with Crippen LogP contribution in [0.5, 0.6) is 0 Å². The number of halogens is 1. The first kappa shape index (κ1) is 16.0. The normalized spacial score (nSPS) is 23.0. The van der Waals surface area contributed by atoms with Gasteiger partial charge >= 0.3 is 6.03 Å². The predicted octanol–water partition coefficient (Wildman–Crippen LogP) is 1.62. The van der Waals surface area contributed by atoms with E-state index in [0.717, 1.165) is 12.8 Å². The number of nitrogens with one attached hydrogen (secondary N) is 1. The molecule has 2 aliphatic heterocycles. The van der Waals surface area contributed by atoms with Crippen LogP contribution in [0.2, 0.25) is 0 Å². The molecule has 2 amide bonds. The summed E-state index contributed by atoms with van der Waals surface area (Å²) >= 11 is 0. The number of nitrogens with zero attached hydrogens (tertiary/aromatic N) is 3. The molecule has 3 heterocycles. The first-order chi connectivity index (χ1) is 11.1. The lowest BCUT2D eigenvalue weighted by Gasteiger charge is -2.41. The molecule has 2 fully saturated rings. The van der Waals surface area contributed by atoms with E-state index in [1.54, 1.807) is 12.1 Å². The monoisotopic (exact) mass is 322 g/mol. The summed E-state index contributed by atoms with van der Waals surface area (Å²) in [5, 5.41) is 3.09. The molecule has 0 radical (unpaired) electrons. The number of piperazine rings is 1. The molecular weight excluding hydrogens is 299 g/mol. The molecule has 1 unspecified atom stereocenters. The van der Waals surface area contributed by atoms with Crippen molar-refractivity contribution >= 4 is 11.8 Å². The predicted molar refractivity (Wildman–Crippen MR) is 84.9 cm³/mol. The fourth-order valence-corrected chi connectivity index (χ4v) is 3.15. The highest BCUT2D eigenvalue weighted by Gasteiger charge is 2.29. The first-order valence-electron chi connectivity index (χ1n) is 8.16. The third-order valence-corrected chi connectivity index (χ3v) is 4.46. The zero-order valence-electron chi connectivity index (χ0n) is 13.4. The Labute approximate surface area is 135 Å². The van der Waals surface area contributed by atoms with Gasteiger partial charge in [0.25, 0.3) is 0 Å². The van der Waals surface area contributed by atoms with Gasteiger partial charge in [0, 0.05) is 44.9 Å². The Bertz CT molecular complexity index is 551. The molecule has 1 N–H and O–H groups in total. The lowest BCUT2D eigenvalue weighted by molar-refractivity contribution is 0.0776. The fourth-order valence-electron chi connectivity index (χ4n) is 3.15. The van der Waals surface area contributed by atoms with Crippen molar-refractivity contribution in [1.29, 1.82) is 0 Å². The van der Waals surface area contributed by atoms with Crippen molar-refractivity contribution in [3.63, 3.8) is 0 Å². The number of pyridine rings is 1. The van der Waals surface area contributed by atoms with Crippen LogP contribution in [-0.4, -0.2) is 60.8 Å². The van der Waals surface area contributed by atoms with E-state index in [2.05, 4.69) is 10.3 Å². The lowest BCUT2D eigenvalue weighted by Crippen LogP contribution is -2.57. The van der Waals surface area contributed by atoms with Crippen LogP contribution >= 0.6 is 0 Å². The fraction of sp³-hybridized carbons (Fsp3) is 0.625. The number of aromatic nitrogens is 1. The number of urea groups is 1. The molecule has 6 nitrogen and oxygen atoms in total. The Kier molecular flexibility index (Phi) is 4.95. The van der Waals surface area contributed by atoms with Gasteiger partial charge in [-0.25, -0.2) is 9.78 Å². The van der Waals surface area contributed by atoms with Crippen LogP contribution < -0.4 is 10.2 Å². The highest BCUT2D eigenvalue weighted by molar-refractivity contribution is 5.75. The molecule has 2 aliphatic rings. The molecule has 1 aromatic heterocycles. The first-order valence-corrected chi connectivity index (χ1v) is 8.16. The number of ether oxygens (including phenoxy) is 1. The van der Waals surface area contributed by atoms with Crippen molar-refractivity contribution in [1.82, 2.24) is 15.2 Å². The van der Waals surface area contributed by atoms with Crippen LogP contribution in [0, 0.1) is 5.95 Å². The summed E-state index contributed by atoms with van der Waals surface area (Å²) in [4.78, 5) is 20.2. The van der Waals surface area contributed by atoms with E-state index in [0.29, 0.717) is 38.7 Å². The Morgan fingerprint density at radius 1 is 1.35 bits per heavy atom. The van der Waals surface area contributed by atoms with Crippen LogP contribution in [-0.2, 0) is 4.74 Å². The number of carbonyl (C=O) groups excluding carboxylic acids is 1. The highest BCUT2D eigenvalue weighted by Crippen LogP contribution is 2.19. The summed E-state index contributed by atoms with van der Waals surface area (Å²) in [5.41, 5.74) is 0. The molecule has 23 heavy (non-hydrogen) atoms. The molecule has 126 valence electrons. The maximum Gasteiger partial charge on any atom is 0.317 e. The Morgan fingerprint density at radius 2 is 2.13 bits per heavy atom. The van der Waals surface area contributed by atoms with Gasteiger partial charge in [0.2, 0.25) is 5.95 Å². The molecular formula is C16H23FN4O2. The molecule has 0 aromatic carbocycles. The summed E-state index contributed by atoms with van der Waals surface area (Å²) in [7, 11) is 0. The molecule has 1 atom stereocenters. The Hall–Kier alpha value is -1.89. The smallest absolute Gasteiger partial charge is 0.317 e. The number of amides is 2. The molecule has 3 rings (SSSR count). The van der Waals surface area contributed by atoms with Gasteiger partial charge in [-0.2, -0.15) is 4.39 Å². The topological polar surface area (TPSA) is 57.7 Å². The number of hydrogen-bond donors (Lipinski definition) is 1. The van der Waals surface area contributed by atoms with Gasteiger partial charge in [0.15, 0.2) is 0 Å². The second kappa shape index (κ2) is 7.12.